The number of ether oxygens (including phenoxy) is 3. The van der Waals surface area contributed by atoms with Gasteiger partial charge in [-0.05, 0) is 35.7 Å². The van der Waals surface area contributed by atoms with Crippen LogP contribution in [0, 0.1) is 0 Å². The molecule has 29 heavy (non-hydrogen) atoms. The predicted molar refractivity (Wildman–Crippen MR) is 124 cm³/mol. The van der Waals surface area contributed by atoms with E-state index in [1.54, 1.807) is 21.3 Å². The van der Waals surface area contributed by atoms with E-state index in [2.05, 4.69) is 41.0 Å². The third-order valence-electron chi connectivity index (χ3n) is 5.22. The molecule has 2 aromatic rings. The van der Waals surface area contributed by atoms with Gasteiger partial charge in [-0.25, -0.2) is 0 Å². The molecule has 0 aromatic heterocycles. The third kappa shape index (κ3) is 5.84. The second-order valence-electron chi connectivity index (χ2n) is 6.78. The second kappa shape index (κ2) is 12.0. The first-order valence-corrected chi connectivity index (χ1v) is 9.54. The summed E-state index contributed by atoms with van der Waals surface area (Å²) in [6.07, 6.45) is 1.07. The lowest BCUT2D eigenvalue weighted by Crippen LogP contribution is -2.46. The molecule has 0 unspecified atom stereocenters. The van der Waals surface area contributed by atoms with Crippen molar-refractivity contribution >= 4 is 30.5 Å². The van der Waals surface area contributed by atoms with Crippen LogP contribution in [0.2, 0.25) is 0 Å². The molecular weight excluding hydrogens is 411 g/mol. The number of benzene rings is 2. The van der Waals surface area contributed by atoms with Crippen LogP contribution in [0.5, 0.6) is 17.2 Å². The Hall–Kier alpha value is -1.82. The highest BCUT2D eigenvalue weighted by Gasteiger charge is 2.20. The molecule has 3 rings (SSSR count). The van der Waals surface area contributed by atoms with E-state index in [-0.39, 0.29) is 24.8 Å². The Morgan fingerprint density at radius 1 is 0.828 bits per heavy atom. The largest absolute Gasteiger partial charge is 0.493 e. The summed E-state index contributed by atoms with van der Waals surface area (Å²) < 4.78 is 16.4. The molecule has 0 aliphatic carbocycles. The van der Waals surface area contributed by atoms with Crippen LogP contribution < -0.4 is 19.1 Å². The smallest absolute Gasteiger partial charge is 0.203 e. The zero-order valence-electron chi connectivity index (χ0n) is 17.6. The molecule has 1 aliphatic rings. The first kappa shape index (κ1) is 25.2. The standard InChI is InChI=1S/C22H30N2O3.2ClH/c1-5-18-8-6-7-9-19(18)24-12-10-23(11-13-24)16-17-14-20(25-2)22(27-4)21(15-17)26-3;;/h6-9,14-15H,5,10-13,16H2,1-4H3;2*1H. The molecule has 1 saturated heterocycles. The Labute approximate surface area is 186 Å². The number of aryl methyl sites for hydroxylation is 1. The van der Waals surface area contributed by atoms with Crippen molar-refractivity contribution in [3.63, 3.8) is 0 Å². The van der Waals surface area contributed by atoms with Crippen molar-refractivity contribution < 1.29 is 14.2 Å². The number of hydrogen-bond acceptors (Lipinski definition) is 5. The van der Waals surface area contributed by atoms with Crippen LogP contribution in [0.3, 0.4) is 0 Å². The van der Waals surface area contributed by atoms with Gasteiger partial charge in [-0.3, -0.25) is 4.90 Å². The van der Waals surface area contributed by atoms with Crippen molar-refractivity contribution in [1.82, 2.24) is 4.90 Å². The van der Waals surface area contributed by atoms with Crippen LogP contribution in [-0.2, 0) is 13.0 Å². The highest BCUT2D eigenvalue weighted by molar-refractivity contribution is 5.85. The molecule has 0 amide bonds. The number of hydrogen-bond donors (Lipinski definition) is 0. The van der Waals surface area contributed by atoms with Crippen LogP contribution in [0.4, 0.5) is 5.69 Å². The summed E-state index contributed by atoms with van der Waals surface area (Å²) in [7, 11) is 4.95. The summed E-state index contributed by atoms with van der Waals surface area (Å²) in [4.78, 5) is 4.98. The van der Waals surface area contributed by atoms with Crippen molar-refractivity contribution in [2.24, 2.45) is 0 Å². The molecule has 0 bridgehead atoms. The van der Waals surface area contributed by atoms with E-state index in [0.29, 0.717) is 17.2 Å². The minimum absolute atomic E-state index is 0. The Morgan fingerprint density at radius 2 is 1.41 bits per heavy atom. The molecule has 7 heteroatoms. The number of para-hydroxylation sites is 1. The number of methoxy groups -OCH3 is 3. The number of halogens is 2. The van der Waals surface area contributed by atoms with Gasteiger partial charge < -0.3 is 19.1 Å². The summed E-state index contributed by atoms with van der Waals surface area (Å²) in [6, 6.07) is 12.8. The molecule has 162 valence electrons. The molecule has 0 radical (unpaired) electrons. The average Bonchev–Trinajstić information content (AvgIpc) is 2.73. The highest BCUT2D eigenvalue weighted by atomic mass is 35.5. The lowest BCUT2D eigenvalue weighted by Gasteiger charge is -2.37. The first-order valence-electron chi connectivity index (χ1n) is 9.54. The van der Waals surface area contributed by atoms with Gasteiger partial charge in [0.1, 0.15) is 0 Å². The maximum atomic E-state index is 5.48. The van der Waals surface area contributed by atoms with Crippen LogP contribution in [-0.4, -0.2) is 52.4 Å². The normalized spacial score (nSPS) is 13.9. The van der Waals surface area contributed by atoms with Crippen molar-refractivity contribution in [2.75, 3.05) is 52.4 Å². The van der Waals surface area contributed by atoms with E-state index < -0.39 is 0 Å². The molecule has 0 saturated carbocycles. The van der Waals surface area contributed by atoms with Crippen molar-refractivity contribution in [1.29, 1.82) is 0 Å². The summed E-state index contributed by atoms with van der Waals surface area (Å²) in [5, 5.41) is 0. The fourth-order valence-corrected chi connectivity index (χ4v) is 3.75. The van der Waals surface area contributed by atoms with Crippen LogP contribution >= 0.6 is 24.8 Å². The summed E-state index contributed by atoms with van der Waals surface area (Å²) in [6.45, 7) is 7.26. The maximum absolute atomic E-state index is 5.48. The van der Waals surface area contributed by atoms with Crippen LogP contribution in [0.25, 0.3) is 0 Å². The predicted octanol–water partition coefficient (Wildman–Crippen LogP) is 4.44. The molecule has 0 N–H and O–H groups in total. The maximum Gasteiger partial charge on any atom is 0.203 e. The Balaban J connectivity index is 0.00000210. The van der Waals surface area contributed by atoms with Gasteiger partial charge >= 0.3 is 0 Å². The van der Waals surface area contributed by atoms with Crippen molar-refractivity contribution in [3.8, 4) is 17.2 Å². The van der Waals surface area contributed by atoms with Crippen molar-refractivity contribution in [3.05, 3.63) is 47.5 Å². The summed E-state index contributed by atoms with van der Waals surface area (Å²) in [5.74, 6) is 2.06. The Kier molecular flexibility index (Phi) is 10.4. The van der Waals surface area contributed by atoms with Gasteiger partial charge in [0.2, 0.25) is 5.75 Å². The average molecular weight is 443 g/mol. The zero-order chi connectivity index (χ0) is 19.2. The Bertz CT molecular complexity index is 740. The molecule has 0 atom stereocenters. The van der Waals surface area contributed by atoms with Gasteiger partial charge in [0.25, 0.3) is 0 Å². The molecule has 2 aromatic carbocycles. The summed E-state index contributed by atoms with van der Waals surface area (Å²) in [5.41, 5.74) is 3.98. The third-order valence-corrected chi connectivity index (χ3v) is 5.22. The van der Waals surface area contributed by atoms with E-state index in [0.717, 1.165) is 39.1 Å². The van der Waals surface area contributed by atoms with E-state index in [1.807, 2.05) is 12.1 Å². The van der Waals surface area contributed by atoms with E-state index in [1.165, 1.54) is 16.8 Å². The molecule has 5 nitrogen and oxygen atoms in total. The molecule has 1 fully saturated rings. The van der Waals surface area contributed by atoms with Gasteiger partial charge in [-0.15, -0.1) is 24.8 Å². The van der Waals surface area contributed by atoms with Gasteiger partial charge in [0, 0.05) is 38.4 Å². The first-order chi connectivity index (χ1) is 13.2. The topological polar surface area (TPSA) is 34.2 Å². The SMILES string of the molecule is CCc1ccccc1N1CCN(Cc2cc(OC)c(OC)c(OC)c2)CC1.Cl.Cl. The number of rotatable bonds is 7. The van der Waals surface area contributed by atoms with Gasteiger partial charge in [0.05, 0.1) is 21.3 Å². The quantitative estimate of drug-likeness (QED) is 0.632. The number of nitrogens with zero attached hydrogens (tertiary/aromatic N) is 2. The van der Waals surface area contributed by atoms with Gasteiger partial charge in [-0.2, -0.15) is 0 Å². The van der Waals surface area contributed by atoms with Crippen molar-refractivity contribution in [2.45, 2.75) is 19.9 Å². The lowest BCUT2D eigenvalue weighted by atomic mass is 10.1. The molecule has 0 spiro atoms. The van der Waals surface area contributed by atoms with Crippen LogP contribution in [0.1, 0.15) is 18.1 Å². The zero-order valence-corrected chi connectivity index (χ0v) is 19.3. The fraction of sp³-hybridized carbons (Fsp3) is 0.455. The minimum atomic E-state index is 0. The van der Waals surface area contributed by atoms with E-state index in [4.69, 9.17) is 14.2 Å². The Morgan fingerprint density at radius 3 is 1.93 bits per heavy atom. The molecule has 1 aliphatic heterocycles. The molecular formula is C22H32Cl2N2O3. The monoisotopic (exact) mass is 442 g/mol. The number of anilines is 1. The summed E-state index contributed by atoms with van der Waals surface area (Å²) >= 11 is 0. The highest BCUT2D eigenvalue weighted by Crippen LogP contribution is 2.38. The van der Waals surface area contributed by atoms with Gasteiger partial charge in [-0.1, -0.05) is 25.1 Å². The minimum Gasteiger partial charge on any atom is -0.493 e. The van der Waals surface area contributed by atoms with E-state index >= 15 is 0 Å². The second-order valence-corrected chi connectivity index (χ2v) is 6.78. The number of piperazine rings is 1. The lowest BCUT2D eigenvalue weighted by molar-refractivity contribution is 0.248. The molecule has 1 heterocycles. The fourth-order valence-electron chi connectivity index (χ4n) is 3.75. The van der Waals surface area contributed by atoms with Gasteiger partial charge in [0.15, 0.2) is 11.5 Å². The van der Waals surface area contributed by atoms with Crippen LogP contribution in [0.15, 0.2) is 36.4 Å². The van der Waals surface area contributed by atoms with E-state index in [9.17, 15) is 0 Å².